The third-order valence-electron chi connectivity index (χ3n) is 9.89. The number of nitrogens with two attached hydrogens (primary N) is 3. The Hall–Kier alpha value is -4.48. The van der Waals surface area contributed by atoms with Crippen LogP contribution in [-0.4, -0.2) is 130 Å². The van der Waals surface area contributed by atoms with Crippen molar-refractivity contribution in [2.75, 3.05) is 26.2 Å². The van der Waals surface area contributed by atoms with Crippen molar-refractivity contribution in [2.45, 2.75) is 121 Å². The molecule has 0 bridgehead atoms. The van der Waals surface area contributed by atoms with E-state index < -0.39 is 77.7 Å². The number of nitrogens with one attached hydrogen (secondary N) is 4. The highest BCUT2D eigenvalue weighted by Gasteiger charge is 2.45. The lowest BCUT2D eigenvalue weighted by Crippen LogP contribution is -2.60. The first-order valence-corrected chi connectivity index (χ1v) is 17.5. The van der Waals surface area contributed by atoms with Gasteiger partial charge in [-0.3, -0.25) is 34.2 Å². The van der Waals surface area contributed by atoms with E-state index in [4.69, 9.17) is 22.6 Å². The van der Waals surface area contributed by atoms with E-state index in [0.29, 0.717) is 70.9 Å². The van der Waals surface area contributed by atoms with E-state index in [9.17, 15) is 38.7 Å². The second-order valence-electron chi connectivity index (χ2n) is 13.4. The van der Waals surface area contributed by atoms with Crippen LogP contribution >= 0.6 is 0 Å². The molecule has 0 aromatic heterocycles. The standard InChI is InChI=1S/C32H54N10O8/c1-3-18(2)25(30(48)41-16-6-10-22(41)29(47)42-17-7-11-23(42)31(49)50)39-26(44)20(12-13-24(34)43)38-27(45)21-9-5-15-40(21)28(46)19(33)8-4-14-37-32(35)36/h18-23,25H,3-17,33H2,1-2H3,(H2,34,43)(H,38,45)(H,39,44)(H,49,50)(H4,35,36,37)/t18?,19-,20-,21-,22-,23-,25-/m0/s1. The zero-order valence-electron chi connectivity index (χ0n) is 29.0. The minimum Gasteiger partial charge on any atom is -0.480 e. The van der Waals surface area contributed by atoms with Gasteiger partial charge in [-0.25, -0.2) is 4.79 Å². The largest absolute Gasteiger partial charge is 0.480 e. The number of rotatable bonds is 17. The van der Waals surface area contributed by atoms with Crippen LogP contribution in [0.2, 0.25) is 0 Å². The zero-order chi connectivity index (χ0) is 37.1. The van der Waals surface area contributed by atoms with Crippen molar-refractivity contribution in [2.24, 2.45) is 23.1 Å². The Morgan fingerprint density at radius 1 is 0.840 bits per heavy atom. The predicted octanol–water partition coefficient (Wildman–Crippen LogP) is -2.08. The number of carboxylic acids is 1. The number of nitrogens with zero attached hydrogens (tertiary/aromatic N) is 3. The van der Waals surface area contributed by atoms with Gasteiger partial charge in [0.05, 0.1) is 6.04 Å². The minimum atomic E-state index is -1.27. The van der Waals surface area contributed by atoms with Crippen LogP contribution in [0.25, 0.3) is 0 Å². The number of carbonyl (C=O) groups is 7. The number of aliphatic carboxylic acids is 1. The van der Waals surface area contributed by atoms with Crippen molar-refractivity contribution < 1.29 is 38.7 Å². The van der Waals surface area contributed by atoms with Crippen molar-refractivity contribution in [3.05, 3.63) is 0 Å². The highest BCUT2D eigenvalue weighted by molar-refractivity contribution is 5.97. The summed E-state index contributed by atoms with van der Waals surface area (Å²) in [5, 5.41) is 24.9. The SMILES string of the molecule is CCC(C)[C@H](NC(=O)[C@H](CCC(N)=O)NC(=O)[C@@H]1CCCN1C(=O)[C@@H](N)CCCNC(=N)N)C(=O)N1CCC[C@H]1C(=O)N1CCC[C@H]1C(=O)O. The Balaban J connectivity index is 1.73. The number of hydrogen-bond acceptors (Lipinski definition) is 9. The van der Waals surface area contributed by atoms with Gasteiger partial charge in [-0.15, -0.1) is 0 Å². The predicted molar refractivity (Wildman–Crippen MR) is 181 cm³/mol. The molecule has 3 heterocycles. The summed E-state index contributed by atoms with van der Waals surface area (Å²) in [4.78, 5) is 95.7. The summed E-state index contributed by atoms with van der Waals surface area (Å²) in [6, 6.07) is -5.96. The quantitative estimate of drug-likeness (QED) is 0.0461. The van der Waals surface area contributed by atoms with E-state index in [2.05, 4.69) is 16.0 Å². The van der Waals surface area contributed by atoms with Crippen LogP contribution in [-0.2, 0) is 33.6 Å². The molecular weight excluding hydrogens is 652 g/mol. The molecule has 0 aromatic carbocycles. The van der Waals surface area contributed by atoms with Gasteiger partial charge in [-0.05, 0) is 63.7 Å². The average Bonchev–Trinajstić information content (AvgIpc) is 3.87. The van der Waals surface area contributed by atoms with Gasteiger partial charge in [0.25, 0.3) is 0 Å². The number of carbonyl (C=O) groups excluding carboxylic acids is 6. The molecule has 3 fully saturated rings. The van der Waals surface area contributed by atoms with Crippen molar-refractivity contribution in [3.63, 3.8) is 0 Å². The molecule has 3 rings (SSSR count). The summed E-state index contributed by atoms with van der Waals surface area (Å²) in [6.07, 6.45) is 3.49. The number of carboxylic acid groups (broad SMARTS) is 1. The van der Waals surface area contributed by atoms with E-state index in [1.54, 1.807) is 6.92 Å². The van der Waals surface area contributed by atoms with Gasteiger partial charge in [-0.2, -0.15) is 0 Å². The third kappa shape index (κ3) is 10.3. The van der Waals surface area contributed by atoms with Gasteiger partial charge < -0.3 is 53.0 Å². The third-order valence-corrected chi connectivity index (χ3v) is 9.89. The molecule has 18 heteroatoms. The van der Waals surface area contributed by atoms with Gasteiger partial charge >= 0.3 is 5.97 Å². The molecule has 50 heavy (non-hydrogen) atoms. The van der Waals surface area contributed by atoms with E-state index in [-0.39, 0.29) is 37.8 Å². The maximum absolute atomic E-state index is 14.0. The molecule has 280 valence electrons. The summed E-state index contributed by atoms with van der Waals surface area (Å²) in [6.45, 7) is 4.81. The molecule has 0 spiro atoms. The number of amides is 6. The van der Waals surface area contributed by atoms with Gasteiger partial charge in [0, 0.05) is 32.6 Å². The zero-order valence-corrected chi connectivity index (χ0v) is 29.0. The highest BCUT2D eigenvalue weighted by Crippen LogP contribution is 2.27. The maximum Gasteiger partial charge on any atom is 0.326 e. The first-order valence-electron chi connectivity index (χ1n) is 17.5. The molecule has 0 aromatic rings. The second kappa shape index (κ2) is 18.5. The second-order valence-corrected chi connectivity index (χ2v) is 13.4. The van der Waals surface area contributed by atoms with E-state index in [0.717, 1.165) is 0 Å². The van der Waals surface area contributed by atoms with Crippen LogP contribution < -0.4 is 33.2 Å². The molecule has 18 nitrogen and oxygen atoms in total. The Morgan fingerprint density at radius 3 is 2.00 bits per heavy atom. The fraction of sp³-hybridized carbons (Fsp3) is 0.750. The average molecular weight is 707 g/mol. The smallest absolute Gasteiger partial charge is 0.326 e. The number of guanidine groups is 1. The molecule has 0 radical (unpaired) electrons. The van der Waals surface area contributed by atoms with E-state index in [1.807, 2.05) is 6.92 Å². The molecule has 3 aliphatic rings. The van der Waals surface area contributed by atoms with Crippen molar-refractivity contribution in [1.82, 2.24) is 30.7 Å². The molecule has 3 aliphatic heterocycles. The van der Waals surface area contributed by atoms with Crippen molar-refractivity contribution in [1.29, 1.82) is 5.41 Å². The fourth-order valence-electron chi connectivity index (χ4n) is 6.89. The van der Waals surface area contributed by atoms with Crippen LogP contribution in [0.15, 0.2) is 0 Å². The molecule has 11 N–H and O–H groups in total. The summed E-state index contributed by atoms with van der Waals surface area (Å²) in [7, 11) is 0. The molecule has 3 saturated heterocycles. The topological polar surface area (TPSA) is 287 Å². The van der Waals surface area contributed by atoms with E-state index in [1.165, 1.54) is 14.7 Å². The van der Waals surface area contributed by atoms with Crippen LogP contribution in [0.4, 0.5) is 0 Å². The lowest BCUT2D eigenvalue weighted by Gasteiger charge is -2.34. The van der Waals surface area contributed by atoms with Crippen LogP contribution in [0.1, 0.15) is 84.5 Å². The summed E-state index contributed by atoms with van der Waals surface area (Å²) in [5.41, 5.74) is 16.8. The number of primary amides is 1. The van der Waals surface area contributed by atoms with Gasteiger partial charge in [0.15, 0.2) is 5.96 Å². The molecule has 6 amide bonds. The minimum absolute atomic E-state index is 0.159. The first-order chi connectivity index (χ1) is 23.7. The molecule has 0 saturated carbocycles. The van der Waals surface area contributed by atoms with Gasteiger partial charge in [-0.1, -0.05) is 20.3 Å². The summed E-state index contributed by atoms with van der Waals surface area (Å²) >= 11 is 0. The maximum atomic E-state index is 14.0. The van der Waals surface area contributed by atoms with Crippen LogP contribution in [0, 0.1) is 11.3 Å². The first kappa shape index (κ1) is 40.0. The summed E-state index contributed by atoms with van der Waals surface area (Å²) in [5.74, 6) is -5.05. The molecule has 1 unspecified atom stereocenters. The molecule has 7 atom stereocenters. The number of likely N-dealkylation sites (tertiary alicyclic amines) is 3. The summed E-state index contributed by atoms with van der Waals surface area (Å²) < 4.78 is 0. The normalized spacial score (nSPS) is 22.7. The Kier molecular flexibility index (Phi) is 14.8. The van der Waals surface area contributed by atoms with Gasteiger partial charge in [0.1, 0.15) is 30.2 Å². The van der Waals surface area contributed by atoms with Gasteiger partial charge in [0.2, 0.25) is 35.4 Å². The van der Waals surface area contributed by atoms with Crippen molar-refractivity contribution in [3.8, 4) is 0 Å². The Bertz CT molecular complexity index is 1300. The van der Waals surface area contributed by atoms with Crippen molar-refractivity contribution >= 4 is 47.4 Å². The monoisotopic (exact) mass is 706 g/mol. The Morgan fingerprint density at radius 2 is 1.42 bits per heavy atom. The molecular formula is C32H54N10O8. The Labute approximate surface area is 292 Å². The van der Waals surface area contributed by atoms with Crippen LogP contribution in [0.5, 0.6) is 0 Å². The highest BCUT2D eigenvalue weighted by atomic mass is 16.4. The van der Waals surface area contributed by atoms with Crippen LogP contribution in [0.3, 0.4) is 0 Å². The fourth-order valence-corrected chi connectivity index (χ4v) is 6.89. The lowest BCUT2D eigenvalue weighted by molar-refractivity contribution is -0.152. The lowest BCUT2D eigenvalue weighted by atomic mass is 9.96. The number of hydrogen-bond donors (Lipinski definition) is 8. The van der Waals surface area contributed by atoms with E-state index >= 15 is 0 Å². The molecule has 0 aliphatic carbocycles.